The van der Waals surface area contributed by atoms with Crippen LogP contribution in [0.25, 0.3) is 11.1 Å². The zero-order valence-electron chi connectivity index (χ0n) is 19.5. The second kappa shape index (κ2) is 8.81. The minimum atomic E-state index is -1.12. The number of hydrogen-bond donors (Lipinski definition) is 0. The van der Waals surface area contributed by atoms with Gasteiger partial charge in [0.1, 0.15) is 23.0 Å². The van der Waals surface area contributed by atoms with Crippen molar-refractivity contribution >= 4 is 34.3 Å². The molecule has 0 aliphatic carbocycles. The highest BCUT2D eigenvalue weighted by atomic mass is 16.5. The van der Waals surface area contributed by atoms with Crippen LogP contribution < -0.4 is 9.64 Å². The van der Waals surface area contributed by atoms with E-state index >= 15 is 0 Å². The zero-order chi connectivity index (χ0) is 23.9. The molecular formula is C26H28N2O5. The van der Waals surface area contributed by atoms with Crippen LogP contribution in [0, 0.1) is 11.8 Å². The number of benzene rings is 2. The second-order valence-corrected chi connectivity index (χ2v) is 8.84. The first-order valence-corrected chi connectivity index (χ1v) is 11.3. The zero-order valence-corrected chi connectivity index (χ0v) is 19.5. The van der Waals surface area contributed by atoms with E-state index in [0.717, 1.165) is 0 Å². The molecule has 0 N–H and O–H groups in total. The fraction of sp³-hybridized carbons (Fsp3) is 0.385. The highest BCUT2D eigenvalue weighted by Crippen LogP contribution is 2.44. The first-order valence-electron chi connectivity index (χ1n) is 11.3. The summed E-state index contributed by atoms with van der Waals surface area (Å²) in [7, 11) is 0. The van der Waals surface area contributed by atoms with Crippen LogP contribution in [-0.4, -0.2) is 28.6 Å². The molecule has 2 unspecified atom stereocenters. The number of ketones is 2. The van der Waals surface area contributed by atoms with Gasteiger partial charge in [0.25, 0.3) is 5.91 Å². The molecule has 0 bridgehead atoms. The molecule has 0 spiro atoms. The van der Waals surface area contributed by atoms with Crippen molar-refractivity contribution in [3.05, 3.63) is 53.9 Å². The molecule has 7 nitrogen and oxygen atoms in total. The van der Waals surface area contributed by atoms with Gasteiger partial charge in [0.15, 0.2) is 11.5 Å². The van der Waals surface area contributed by atoms with Gasteiger partial charge >= 0.3 is 0 Å². The van der Waals surface area contributed by atoms with E-state index in [4.69, 9.17) is 9.15 Å². The van der Waals surface area contributed by atoms with E-state index in [9.17, 15) is 14.4 Å². The Hall–Kier alpha value is -3.48. The average Bonchev–Trinajstić information content (AvgIpc) is 3.31. The van der Waals surface area contributed by atoms with Gasteiger partial charge < -0.3 is 9.15 Å². The third-order valence-electron chi connectivity index (χ3n) is 5.78. The largest absolute Gasteiger partial charge is 0.491 e. The molecule has 2 aromatic carbocycles. The van der Waals surface area contributed by atoms with Crippen molar-refractivity contribution in [2.24, 2.45) is 11.8 Å². The van der Waals surface area contributed by atoms with Crippen LogP contribution in [0.15, 0.2) is 46.9 Å². The Morgan fingerprint density at radius 2 is 1.85 bits per heavy atom. The average molecular weight is 449 g/mol. The molecule has 1 fully saturated rings. The normalized spacial score (nSPS) is 18.7. The molecule has 1 aliphatic rings. The molecule has 1 aliphatic heterocycles. The topological polar surface area (TPSA) is 89.7 Å². The molecule has 1 amide bonds. The molecule has 172 valence electrons. The van der Waals surface area contributed by atoms with Gasteiger partial charge in [-0.2, -0.15) is 0 Å². The summed E-state index contributed by atoms with van der Waals surface area (Å²) in [5, 5.41) is 0. The van der Waals surface area contributed by atoms with Crippen LogP contribution in [0.5, 0.6) is 5.75 Å². The Kier molecular flexibility index (Phi) is 6.06. The lowest BCUT2D eigenvalue weighted by molar-refractivity contribution is -0.139. The number of fused-ring (bicyclic) bond motifs is 1. The predicted molar refractivity (Wildman–Crippen MR) is 124 cm³/mol. The van der Waals surface area contributed by atoms with Gasteiger partial charge in [0.05, 0.1) is 12.1 Å². The van der Waals surface area contributed by atoms with E-state index in [2.05, 4.69) is 4.98 Å². The molecule has 1 aromatic heterocycles. The van der Waals surface area contributed by atoms with Crippen LogP contribution in [0.3, 0.4) is 0 Å². The van der Waals surface area contributed by atoms with Crippen molar-refractivity contribution in [1.29, 1.82) is 0 Å². The monoisotopic (exact) mass is 448 g/mol. The molecule has 3 aromatic rings. The molecule has 2 heterocycles. The number of amides is 1. The molecule has 4 rings (SSSR count). The summed E-state index contributed by atoms with van der Waals surface area (Å²) in [6.45, 7) is 9.23. The SMILES string of the molecule is CCc1nc2cc(N3C(=O)C(=O)C(C(=O)C(C)C)C3c3ccccc3OC(C)C)ccc2o1. The summed E-state index contributed by atoms with van der Waals surface area (Å²) in [5.41, 5.74) is 2.30. The maximum absolute atomic E-state index is 13.3. The number of hydrogen-bond acceptors (Lipinski definition) is 6. The highest BCUT2D eigenvalue weighted by Gasteiger charge is 2.53. The summed E-state index contributed by atoms with van der Waals surface area (Å²) in [4.78, 5) is 45.5. The number of aromatic nitrogens is 1. The van der Waals surface area contributed by atoms with Gasteiger partial charge in [-0.3, -0.25) is 19.3 Å². The lowest BCUT2D eigenvalue weighted by Gasteiger charge is -2.29. The Balaban J connectivity index is 1.90. The van der Waals surface area contributed by atoms with Crippen molar-refractivity contribution < 1.29 is 23.5 Å². The quantitative estimate of drug-likeness (QED) is 0.385. The minimum absolute atomic E-state index is 0.120. The van der Waals surface area contributed by atoms with Crippen molar-refractivity contribution in [3.63, 3.8) is 0 Å². The summed E-state index contributed by atoms with van der Waals surface area (Å²) in [6, 6.07) is 11.6. The first kappa shape index (κ1) is 22.7. The minimum Gasteiger partial charge on any atom is -0.491 e. The lowest BCUT2D eigenvalue weighted by atomic mass is 9.84. The van der Waals surface area contributed by atoms with E-state index < -0.39 is 29.6 Å². The number of oxazole rings is 1. The van der Waals surface area contributed by atoms with Gasteiger partial charge in [0, 0.05) is 23.6 Å². The van der Waals surface area contributed by atoms with Gasteiger partial charge in [-0.05, 0) is 38.1 Å². The van der Waals surface area contributed by atoms with Crippen molar-refractivity contribution in [2.45, 2.75) is 53.2 Å². The first-order chi connectivity index (χ1) is 15.7. The molecule has 0 saturated carbocycles. The number of rotatable bonds is 7. The van der Waals surface area contributed by atoms with Crippen LogP contribution in [0.4, 0.5) is 5.69 Å². The summed E-state index contributed by atoms with van der Waals surface area (Å²) in [6.07, 6.45) is 0.518. The molecule has 1 saturated heterocycles. The van der Waals surface area contributed by atoms with Gasteiger partial charge in [-0.1, -0.05) is 39.0 Å². The van der Waals surface area contributed by atoms with Crippen LogP contribution in [-0.2, 0) is 20.8 Å². The Bertz CT molecular complexity index is 1230. The van der Waals surface area contributed by atoms with E-state index in [0.29, 0.717) is 40.4 Å². The molecular weight excluding hydrogens is 420 g/mol. The number of ether oxygens (including phenoxy) is 1. The molecule has 2 atom stereocenters. The molecule has 33 heavy (non-hydrogen) atoms. The van der Waals surface area contributed by atoms with Crippen LogP contribution in [0.2, 0.25) is 0 Å². The van der Waals surface area contributed by atoms with E-state index in [1.807, 2.05) is 39.0 Å². The van der Waals surface area contributed by atoms with E-state index in [1.54, 1.807) is 38.1 Å². The summed E-state index contributed by atoms with van der Waals surface area (Å²) in [5.74, 6) is -2.07. The van der Waals surface area contributed by atoms with E-state index in [1.165, 1.54) is 4.90 Å². The third kappa shape index (κ3) is 4.03. The number of para-hydroxylation sites is 1. The van der Waals surface area contributed by atoms with Crippen molar-refractivity contribution in [2.75, 3.05) is 4.90 Å². The van der Waals surface area contributed by atoms with Crippen molar-refractivity contribution in [1.82, 2.24) is 4.98 Å². The number of Topliss-reactive ketones (excluding diaryl/α,β-unsaturated/α-hetero) is 2. The third-order valence-corrected chi connectivity index (χ3v) is 5.78. The number of aryl methyl sites for hydroxylation is 1. The van der Waals surface area contributed by atoms with Gasteiger partial charge in [-0.25, -0.2) is 4.98 Å². The number of nitrogens with zero attached hydrogens (tertiary/aromatic N) is 2. The maximum Gasteiger partial charge on any atom is 0.295 e. The lowest BCUT2D eigenvalue weighted by Crippen LogP contribution is -2.32. The highest BCUT2D eigenvalue weighted by molar-refractivity contribution is 6.48. The molecule has 0 radical (unpaired) electrons. The Morgan fingerprint density at radius 1 is 1.12 bits per heavy atom. The van der Waals surface area contributed by atoms with Crippen LogP contribution in [0.1, 0.15) is 52.1 Å². The predicted octanol–water partition coefficient (Wildman–Crippen LogP) is 4.68. The Labute approximate surface area is 192 Å². The van der Waals surface area contributed by atoms with E-state index in [-0.39, 0.29) is 11.9 Å². The smallest absolute Gasteiger partial charge is 0.295 e. The van der Waals surface area contributed by atoms with Crippen molar-refractivity contribution in [3.8, 4) is 5.75 Å². The van der Waals surface area contributed by atoms with Gasteiger partial charge in [0.2, 0.25) is 5.78 Å². The number of carbonyl (C=O) groups is 3. The molecule has 7 heteroatoms. The fourth-order valence-corrected chi connectivity index (χ4v) is 4.26. The maximum atomic E-state index is 13.3. The number of carbonyl (C=O) groups excluding carboxylic acids is 3. The summed E-state index contributed by atoms with van der Waals surface area (Å²) < 4.78 is 11.7. The fourth-order valence-electron chi connectivity index (χ4n) is 4.26. The standard InChI is InChI=1S/C26H28N2O5/c1-6-21-27-18-13-16(11-12-20(18)33-21)28-23(17-9-7-8-10-19(17)32-15(4)5)22(24(29)14(2)3)25(30)26(28)31/h7-15,22-23H,6H2,1-5H3. The number of anilines is 1. The Morgan fingerprint density at radius 3 is 2.52 bits per heavy atom. The van der Waals surface area contributed by atoms with Crippen LogP contribution >= 0.6 is 0 Å². The summed E-state index contributed by atoms with van der Waals surface area (Å²) >= 11 is 0. The second-order valence-electron chi connectivity index (χ2n) is 8.84. The van der Waals surface area contributed by atoms with Gasteiger partial charge in [-0.15, -0.1) is 0 Å².